The lowest BCUT2D eigenvalue weighted by Crippen LogP contribution is -2.41. The van der Waals surface area contributed by atoms with Gasteiger partial charge in [0.05, 0.1) is 0 Å². The standard InChI is InChI=1S/C31H27N7O2S/c1-20-34-36-38(35-20)30(21-5-3-2-4-6-21)22-10-13-37(14-11-22)31(39)27-16-24(9-12-32-27)29-17-25-15-23(7-8-28(25)40-29)26-18-33-41-19-26/h2-9,12,15-19,22,30H,10-11,13-14H2,1H3. The van der Waals surface area contributed by atoms with Crippen LogP contribution in [0.2, 0.25) is 0 Å². The van der Waals surface area contributed by atoms with E-state index in [1.807, 2.05) is 71.9 Å². The first-order valence-electron chi connectivity index (χ1n) is 13.6. The summed E-state index contributed by atoms with van der Waals surface area (Å²) in [5, 5.41) is 16.0. The molecule has 0 saturated carbocycles. The number of piperidine rings is 1. The first-order chi connectivity index (χ1) is 20.1. The summed E-state index contributed by atoms with van der Waals surface area (Å²) >= 11 is 1.43. The van der Waals surface area contributed by atoms with Crippen molar-refractivity contribution in [1.29, 1.82) is 0 Å². The van der Waals surface area contributed by atoms with E-state index >= 15 is 0 Å². The van der Waals surface area contributed by atoms with Crippen LogP contribution in [-0.4, -0.2) is 53.5 Å². The largest absolute Gasteiger partial charge is 0.456 e. The Morgan fingerprint density at radius 1 is 1.00 bits per heavy atom. The van der Waals surface area contributed by atoms with Gasteiger partial charge in [-0.15, -0.1) is 10.2 Å². The van der Waals surface area contributed by atoms with Crippen LogP contribution in [0.1, 0.15) is 40.8 Å². The van der Waals surface area contributed by atoms with Crippen LogP contribution >= 0.6 is 11.5 Å². The van der Waals surface area contributed by atoms with Crippen molar-refractivity contribution in [1.82, 2.24) is 34.5 Å². The monoisotopic (exact) mass is 561 g/mol. The highest BCUT2D eigenvalue weighted by atomic mass is 32.1. The third-order valence-electron chi connectivity index (χ3n) is 7.74. The Labute approximate surface area is 240 Å². The quantitative estimate of drug-likeness (QED) is 0.244. The number of benzene rings is 2. The number of fused-ring (bicyclic) bond motifs is 1. The maximum Gasteiger partial charge on any atom is 0.272 e. The molecule has 1 aliphatic rings. The van der Waals surface area contributed by atoms with Crippen molar-refractivity contribution >= 4 is 28.4 Å². The van der Waals surface area contributed by atoms with Gasteiger partial charge in [0.2, 0.25) is 0 Å². The SMILES string of the molecule is Cc1nnn(C(c2ccccc2)C2CCN(C(=O)c3cc(-c4cc5cc(-c6cnsc6)ccc5o4)ccn3)CC2)n1. The van der Waals surface area contributed by atoms with Crippen LogP contribution in [0.15, 0.2) is 88.9 Å². The predicted molar refractivity (Wildman–Crippen MR) is 156 cm³/mol. The topological polar surface area (TPSA) is 103 Å². The summed E-state index contributed by atoms with van der Waals surface area (Å²) in [5.41, 5.74) is 5.36. The third kappa shape index (κ3) is 5.02. The number of carbonyl (C=O) groups is 1. The molecule has 1 fully saturated rings. The lowest BCUT2D eigenvalue weighted by atomic mass is 9.85. The number of carbonyl (C=O) groups excluding carboxylic acids is 1. The molecule has 0 spiro atoms. The molecule has 1 amide bonds. The van der Waals surface area contributed by atoms with E-state index in [1.165, 1.54) is 11.5 Å². The van der Waals surface area contributed by atoms with Crippen LogP contribution in [0.4, 0.5) is 0 Å². The molecule has 10 heteroatoms. The highest BCUT2D eigenvalue weighted by molar-refractivity contribution is 7.03. The molecule has 2 aromatic carbocycles. The van der Waals surface area contributed by atoms with Gasteiger partial charge in [-0.3, -0.25) is 9.78 Å². The van der Waals surface area contributed by atoms with E-state index in [2.05, 4.69) is 43.0 Å². The highest BCUT2D eigenvalue weighted by Crippen LogP contribution is 2.34. The second-order valence-electron chi connectivity index (χ2n) is 10.3. The first-order valence-corrected chi connectivity index (χ1v) is 14.5. The van der Waals surface area contributed by atoms with Crippen molar-refractivity contribution in [3.05, 3.63) is 102 Å². The number of furan rings is 1. The number of amides is 1. The number of aryl methyl sites for hydroxylation is 1. The molecular weight excluding hydrogens is 534 g/mol. The summed E-state index contributed by atoms with van der Waals surface area (Å²) in [5.74, 6) is 1.56. The number of aromatic nitrogens is 6. The Balaban J connectivity index is 1.08. The average Bonchev–Trinajstić information content (AvgIpc) is 3.79. The van der Waals surface area contributed by atoms with Crippen molar-refractivity contribution in [2.75, 3.05) is 13.1 Å². The fraction of sp³-hybridized carbons (Fsp3) is 0.226. The summed E-state index contributed by atoms with van der Waals surface area (Å²) in [7, 11) is 0. The molecule has 41 heavy (non-hydrogen) atoms. The van der Waals surface area contributed by atoms with E-state index < -0.39 is 0 Å². The zero-order chi connectivity index (χ0) is 27.8. The molecule has 0 aliphatic carbocycles. The molecule has 9 nitrogen and oxygen atoms in total. The van der Waals surface area contributed by atoms with Crippen molar-refractivity contribution in [2.24, 2.45) is 5.92 Å². The van der Waals surface area contributed by atoms with Gasteiger partial charge in [0, 0.05) is 47.4 Å². The van der Waals surface area contributed by atoms with E-state index in [0.717, 1.165) is 46.1 Å². The summed E-state index contributed by atoms with van der Waals surface area (Å²) in [6.07, 6.45) is 5.20. The lowest BCUT2D eigenvalue weighted by molar-refractivity contribution is 0.0658. The predicted octanol–water partition coefficient (Wildman–Crippen LogP) is 6.06. The average molecular weight is 562 g/mol. The maximum absolute atomic E-state index is 13.5. The summed E-state index contributed by atoms with van der Waals surface area (Å²) in [6.45, 7) is 3.12. The van der Waals surface area contributed by atoms with Crippen LogP contribution in [0.3, 0.4) is 0 Å². The molecule has 204 valence electrons. The molecule has 4 aromatic heterocycles. The highest BCUT2D eigenvalue weighted by Gasteiger charge is 2.32. The number of tetrazole rings is 1. The van der Waals surface area contributed by atoms with Gasteiger partial charge in [0.1, 0.15) is 23.1 Å². The Kier molecular flexibility index (Phi) is 6.60. The van der Waals surface area contributed by atoms with Crippen LogP contribution in [0.5, 0.6) is 0 Å². The molecule has 1 aliphatic heterocycles. The van der Waals surface area contributed by atoms with Crippen LogP contribution in [0.25, 0.3) is 33.4 Å². The zero-order valence-corrected chi connectivity index (χ0v) is 23.2. The summed E-state index contributed by atoms with van der Waals surface area (Å²) in [6, 6.07) is 22.1. The van der Waals surface area contributed by atoms with Crippen molar-refractivity contribution in [3.63, 3.8) is 0 Å². The molecule has 7 rings (SSSR count). The molecular formula is C31H27N7O2S. The fourth-order valence-electron chi connectivity index (χ4n) is 5.65. The molecule has 5 heterocycles. The minimum atomic E-state index is -0.0698. The summed E-state index contributed by atoms with van der Waals surface area (Å²) < 4.78 is 10.4. The smallest absolute Gasteiger partial charge is 0.272 e. The van der Waals surface area contributed by atoms with Gasteiger partial charge < -0.3 is 9.32 Å². The normalized spacial score (nSPS) is 14.9. The molecule has 1 atom stereocenters. The molecule has 1 saturated heterocycles. The Morgan fingerprint density at radius 3 is 2.61 bits per heavy atom. The van der Waals surface area contributed by atoms with Gasteiger partial charge in [-0.05, 0) is 83.9 Å². The minimum absolute atomic E-state index is 0.0271. The van der Waals surface area contributed by atoms with Gasteiger partial charge in [0.15, 0.2) is 5.82 Å². The molecule has 0 bridgehead atoms. The van der Waals surface area contributed by atoms with Gasteiger partial charge in [-0.1, -0.05) is 36.4 Å². The fourth-order valence-corrected chi connectivity index (χ4v) is 6.20. The van der Waals surface area contributed by atoms with E-state index in [0.29, 0.717) is 30.4 Å². The van der Waals surface area contributed by atoms with Crippen molar-refractivity contribution in [3.8, 4) is 22.5 Å². The van der Waals surface area contributed by atoms with Gasteiger partial charge in [-0.2, -0.15) is 4.80 Å². The zero-order valence-electron chi connectivity index (χ0n) is 22.4. The van der Waals surface area contributed by atoms with E-state index in [1.54, 1.807) is 11.0 Å². The van der Waals surface area contributed by atoms with E-state index in [9.17, 15) is 4.79 Å². The van der Waals surface area contributed by atoms with Crippen molar-refractivity contribution in [2.45, 2.75) is 25.8 Å². The number of pyridine rings is 1. The van der Waals surface area contributed by atoms with Gasteiger partial charge in [0.25, 0.3) is 5.91 Å². The van der Waals surface area contributed by atoms with Crippen LogP contribution < -0.4 is 0 Å². The summed E-state index contributed by atoms with van der Waals surface area (Å²) in [4.78, 5) is 21.6. The number of likely N-dealkylation sites (tertiary alicyclic amines) is 1. The number of rotatable bonds is 6. The Morgan fingerprint density at radius 2 is 1.85 bits per heavy atom. The van der Waals surface area contributed by atoms with E-state index in [-0.39, 0.29) is 17.9 Å². The Hall–Kier alpha value is -4.70. The third-order valence-corrected chi connectivity index (χ3v) is 8.32. The second kappa shape index (κ2) is 10.7. The Bertz CT molecular complexity index is 1800. The van der Waals surface area contributed by atoms with E-state index in [4.69, 9.17) is 4.42 Å². The lowest BCUT2D eigenvalue weighted by Gasteiger charge is -2.35. The maximum atomic E-state index is 13.5. The minimum Gasteiger partial charge on any atom is -0.456 e. The molecule has 1 unspecified atom stereocenters. The van der Waals surface area contributed by atoms with Gasteiger partial charge >= 0.3 is 0 Å². The van der Waals surface area contributed by atoms with Crippen LogP contribution in [-0.2, 0) is 0 Å². The van der Waals surface area contributed by atoms with Crippen LogP contribution in [0, 0.1) is 12.8 Å². The first kappa shape index (κ1) is 25.3. The molecule has 0 radical (unpaired) electrons. The second-order valence-corrected chi connectivity index (χ2v) is 11.0. The molecule has 0 N–H and O–H groups in total. The number of hydrogen-bond donors (Lipinski definition) is 0. The molecule has 6 aromatic rings. The number of nitrogens with zero attached hydrogens (tertiary/aromatic N) is 7. The number of hydrogen-bond acceptors (Lipinski definition) is 8. The van der Waals surface area contributed by atoms with Crippen molar-refractivity contribution < 1.29 is 9.21 Å². The van der Waals surface area contributed by atoms with Gasteiger partial charge in [-0.25, -0.2) is 4.37 Å².